The molecule has 50 heavy (non-hydrogen) atoms. The van der Waals surface area contributed by atoms with Gasteiger partial charge in [-0.2, -0.15) is 31.7 Å². The number of carbonyl (C=O) groups excluding carboxylic acids is 1. The predicted octanol–water partition coefficient (Wildman–Crippen LogP) is 5.92. The summed E-state index contributed by atoms with van der Waals surface area (Å²) >= 11 is 6.07. The Labute approximate surface area is 282 Å². The number of anilines is 1. The molecule has 2 N–H and O–H groups in total. The number of carboxylic acid groups (broad SMARTS) is 1. The molecule has 5 aromatic rings. The van der Waals surface area contributed by atoms with Gasteiger partial charge in [-0.05, 0) is 47.0 Å². The Kier molecular flexibility index (Phi) is 10.3. The molecular weight excluding hydrogens is 700 g/mol. The van der Waals surface area contributed by atoms with E-state index in [4.69, 9.17) is 21.5 Å². The van der Waals surface area contributed by atoms with E-state index >= 15 is 4.39 Å². The van der Waals surface area contributed by atoms with Crippen molar-refractivity contribution in [1.82, 2.24) is 39.5 Å². The summed E-state index contributed by atoms with van der Waals surface area (Å²) in [5, 5.41) is 24.5. The van der Waals surface area contributed by atoms with Crippen molar-refractivity contribution in [3.63, 3.8) is 0 Å². The highest BCUT2D eigenvalue weighted by atomic mass is 35.5. The van der Waals surface area contributed by atoms with E-state index < -0.39 is 42.0 Å². The normalized spacial score (nSPS) is 16.4. The summed E-state index contributed by atoms with van der Waals surface area (Å²) in [6.07, 6.45) is 0.183. The lowest BCUT2D eigenvalue weighted by atomic mass is 9.94. The quantitative estimate of drug-likeness (QED) is 0.215. The third kappa shape index (κ3) is 7.51. The number of nitrogens with zero attached hydrogens (tertiary/aromatic N) is 8. The van der Waals surface area contributed by atoms with Gasteiger partial charge in [-0.3, -0.25) is 14.2 Å². The van der Waals surface area contributed by atoms with Crippen molar-refractivity contribution in [3.05, 3.63) is 88.1 Å². The molecule has 0 saturated carbocycles. The van der Waals surface area contributed by atoms with Crippen molar-refractivity contribution >= 4 is 29.2 Å². The lowest BCUT2D eigenvalue weighted by Crippen LogP contribution is -2.26. The molecule has 0 aliphatic carbocycles. The van der Waals surface area contributed by atoms with Gasteiger partial charge < -0.3 is 10.4 Å². The van der Waals surface area contributed by atoms with Crippen LogP contribution in [0.3, 0.4) is 0 Å². The topological polar surface area (TPSA) is 163 Å². The Morgan fingerprint density at radius 1 is 1.10 bits per heavy atom. The van der Waals surface area contributed by atoms with Crippen molar-refractivity contribution in [3.8, 4) is 28.2 Å². The zero-order valence-electron chi connectivity index (χ0n) is 25.5. The van der Waals surface area contributed by atoms with E-state index in [1.165, 1.54) is 46.3 Å². The Bertz CT molecular complexity index is 2090. The number of halogens is 7. The lowest BCUT2D eigenvalue weighted by Gasteiger charge is -2.23. The molecule has 2 bridgehead atoms. The number of amides is 1. The fourth-order valence-corrected chi connectivity index (χ4v) is 5.44. The number of alkyl halides is 5. The molecule has 0 saturated heterocycles. The highest BCUT2D eigenvalue weighted by Crippen LogP contribution is 2.36. The summed E-state index contributed by atoms with van der Waals surface area (Å²) in [5.41, 5.74) is 0.952. The molecule has 1 aliphatic rings. The number of fused-ring (bicyclic) bond motifs is 4. The number of carbonyl (C=O) groups is 2. The molecule has 0 spiro atoms. The second-order valence-electron chi connectivity index (χ2n) is 10.9. The number of aliphatic carboxylic acids is 1. The van der Waals surface area contributed by atoms with Crippen LogP contribution in [0, 0.1) is 11.7 Å². The van der Waals surface area contributed by atoms with E-state index in [0.717, 1.165) is 0 Å². The Morgan fingerprint density at radius 2 is 1.84 bits per heavy atom. The van der Waals surface area contributed by atoms with Gasteiger partial charge in [0.2, 0.25) is 5.91 Å². The van der Waals surface area contributed by atoms with Crippen LogP contribution in [0.25, 0.3) is 28.2 Å². The molecule has 2 aromatic carbocycles. The maximum absolute atomic E-state index is 15.3. The average Bonchev–Trinajstić information content (AvgIpc) is 3.75. The minimum absolute atomic E-state index is 0.0180. The number of tetrazole rings is 1. The zero-order chi connectivity index (χ0) is 36.3. The molecule has 3 aromatic heterocycles. The first-order valence-electron chi connectivity index (χ1n) is 14.5. The second-order valence-corrected chi connectivity index (χ2v) is 11.3. The van der Waals surface area contributed by atoms with Crippen LogP contribution >= 0.6 is 11.6 Å². The van der Waals surface area contributed by atoms with Gasteiger partial charge in [-0.25, -0.2) is 18.9 Å². The van der Waals surface area contributed by atoms with Crippen molar-refractivity contribution in [2.45, 2.75) is 45.0 Å². The first-order chi connectivity index (χ1) is 23.7. The number of aromatic nitrogens is 8. The summed E-state index contributed by atoms with van der Waals surface area (Å²) in [6, 6.07) is 10.3. The summed E-state index contributed by atoms with van der Waals surface area (Å²) in [6.45, 7) is -1.20. The number of hydrogen-bond donors (Lipinski definition) is 2. The van der Waals surface area contributed by atoms with Gasteiger partial charge in [0.25, 0.3) is 5.56 Å². The third-order valence-electron chi connectivity index (χ3n) is 7.68. The van der Waals surface area contributed by atoms with Crippen molar-refractivity contribution in [1.29, 1.82) is 0 Å². The molecule has 0 radical (unpaired) electrons. The first-order valence-corrected chi connectivity index (χ1v) is 14.9. The Morgan fingerprint density at radius 3 is 2.48 bits per heavy atom. The maximum atomic E-state index is 15.3. The molecular formula is C30H24ClF6N9O4. The number of benzene rings is 2. The highest BCUT2D eigenvalue weighted by molar-refractivity contribution is 6.31. The van der Waals surface area contributed by atoms with Crippen molar-refractivity contribution in [2.75, 3.05) is 5.32 Å². The van der Waals surface area contributed by atoms with Crippen LogP contribution in [0.5, 0.6) is 0 Å². The SMILES string of the molecule is C[C@@H]1CCC[C@H](n2cnc(-c3c(-n4cnnn4)ccc(Cl)c3F)cc2=O)c2cccc(c2)-c2c(cnn2C(F)F)NC1=O.O=C(O)C(F)(F)F. The van der Waals surface area contributed by atoms with E-state index in [1.54, 1.807) is 31.2 Å². The van der Waals surface area contributed by atoms with Gasteiger partial charge >= 0.3 is 18.7 Å². The molecule has 13 nitrogen and oxygen atoms in total. The van der Waals surface area contributed by atoms with Crippen LogP contribution in [-0.2, 0) is 9.59 Å². The van der Waals surface area contributed by atoms with E-state index in [0.29, 0.717) is 35.1 Å². The molecule has 0 fully saturated rings. The van der Waals surface area contributed by atoms with E-state index in [9.17, 15) is 31.5 Å². The van der Waals surface area contributed by atoms with Gasteiger partial charge in [0.1, 0.15) is 6.33 Å². The van der Waals surface area contributed by atoms with E-state index in [-0.39, 0.29) is 39.3 Å². The summed E-state index contributed by atoms with van der Waals surface area (Å²) in [7, 11) is 0. The van der Waals surface area contributed by atoms with E-state index in [2.05, 4.69) is 30.9 Å². The van der Waals surface area contributed by atoms with Gasteiger partial charge in [-0.1, -0.05) is 43.1 Å². The molecule has 4 heterocycles. The fraction of sp³-hybridized carbons (Fsp3) is 0.267. The zero-order valence-corrected chi connectivity index (χ0v) is 26.3. The van der Waals surface area contributed by atoms with Gasteiger partial charge in [0, 0.05) is 17.5 Å². The second kappa shape index (κ2) is 14.5. The van der Waals surface area contributed by atoms with Crippen LogP contribution in [0.1, 0.15) is 44.3 Å². The molecule has 1 aliphatic heterocycles. The number of hydrogen-bond acceptors (Lipinski definition) is 8. The van der Waals surface area contributed by atoms with Crippen LogP contribution in [0.4, 0.5) is 32.0 Å². The van der Waals surface area contributed by atoms with Gasteiger partial charge in [-0.15, -0.1) is 5.10 Å². The summed E-state index contributed by atoms with van der Waals surface area (Å²) in [5.74, 6) is -4.31. The maximum Gasteiger partial charge on any atom is 0.490 e. The monoisotopic (exact) mass is 723 g/mol. The van der Waals surface area contributed by atoms with Gasteiger partial charge in [0.15, 0.2) is 5.82 Å². The van der Waals surface area contributed by atoms with Crippen LogP contribution < -0.4 is 10.9 Å². The average molecular weight is 724 g/mol. The van der Waals surface area contributed by atoms with Crippen LogP contribution in [0.15, 0.2) is 66.1 Å². The predicted molar refractivity (Wildman–Crippen MR) is 164 cm³/mol. The fourth-order valence-electron chi connectivity index (χ4n) is 5.28. The van der Waals surface area contributed by atoms with Crippen molar-refractivity contribution < 1.29 is 41.0 Å². The van der Waals surface area contributed by atoms with Crippen LogP contribution in [0.2, 0.25) is 5.02 Å². The number of carboxylic acids is 1. The standard InChI is InChI=1S/C28H23ClF3N9O2.C2HF3O2/c1-15-4-2-7-21(16-5-3-6-17(10-16)26-20(36-27(15)43)12-35-41(26)28(31)32)39-13-33-19(11-23(39)42)24-22(40-14-34-37-38-40)9-8-18(29)25(24)30;3-2(4,5)1(6)7/h3,5-6,8-15,21,28H,2,4,7H2,1H3,(H,36,43);(H,6,7)/t15-,21+;/m1./s1. The third-order valence-corrected chi connectivity index (χ3v) is 7.98. The molecule has 6 rings (SSSR count). The molecule has 1 amide bonds. The van der Waals surface area contributed by atoms with Gasteiger partial charge in [0.05, 0.1) is 51.9 Å². The minimum atomic E-state index is -5.08. The molecule has 2 atom stereocenters. The highest BCUT2D eigenvalue weighted by Gasteiger charge is 2.38. The van der Waals surface area contributed by atoms with E-state index in [1.807, 2.05) is 0 Å². The molecule has 0 unspecified atom stereocenters. The molecule has 20 heteroatoms. The number of nitrogens with one attached hydrogen (secondary N) is 1. The Balaban J connectivity index is 0.000000630. The lowest BCUT2D eigenvalue weighted by molar-refractivity contribution is -0.192. The van der Waals surface area contributed by atoms with Crippen molar-refractivity contribution in [2.24, 2.45) is 5.92 Å². The first kappa shape index (κ1) is 35.7. The Hall–Kier alpha value is -5.59. The number of rotatable bonds is 4. The van der Waals surface area contributed by atoms with Crippen LogP contribution in [-0.4, -0.2) is 62.7 Å². The summed E-state index contributed by atoms with van der Waals surface area (Å²) in [4.78, 5) is 39.8. The smallest absolute Gasteiger partial charge is 0.475 e. The largest absolute Gasteiger partial charge is 0.490 e. The molecule has 262 valence electrons. The minimum Gasteiger partial charge on any atom is -0.475 e. The summed E-state index contributed by atoms with van der Waals surface area (Å²) < 4.78 is 78.1.